The van der Waals surface area contributed by atoms with E-state index in [1.54, 1.807) is 6.07 Å². The van der Waals surface area contributed by atoms with Crippen molar-refractivity contribution >= 4 is 22.6 Å². The molecule has 0 bridgehead atoms. The highest BCUT2D eigenvalue weighted by Gasteiger charge is 2.24. The number of nitrogens with zero attached hydrogens (tertiary/aromatic N) is 4. The van der Waals surface area contributed by atoms with Crippen LogP contribution in [0.2, 0.25) is 5.15 Å². The van der Waals surface area contributed by atoms with E-state index in [1.807, 2.05) is 29.2 Å². The summed E-state index contributed by atoms with van der Waals surface area (Å²) in [6, 6.07) is 6.22. The van der Waals surface area contributed by atoms with Gasteiger partial charge in [-0.25, -0.2) is 4.98 Å². The van der Waals surface area contributed by atoms with Crippen LogP contribution in [-0.2, 0) is 0 Å². The second kappa shape index (κ2) is 4.03. The Bertz CT molecular complexity index is 761. The lowest BCUT2D eigenvalue weighted by atomic mass is 10.1. The van der Waals surface area contributed by atoms with Gasteiger partial charge >= 0.3 is 0 Å². The molecule has 0 amide bonds. The van der Waals surface area contributed by atoms with E-state index >= 15 is 0 Å². The number of fused-ring (bicyclic) bond motifs is 1. The Morgan fingerprint density at radius 3 is 2.84 bits per heavy atom. The Morgan fingerprint density at radius 2 is 2.00 bits per heavy atom. The third-order valence-corrected chi connectivity index (χ3v) is 3.57. The van der Waals surface area contributed by atoms with Gasteiger partial charge in [-0.3, -0.25) is 9.67 Å². The smallest absolute Gasteiger partial charge is 0.129 e. The van der Waals surface area contributed by atoms with Crippen LogP contribution in [0.25, 0.3) is 22.2 Å². The first-order valence-electron chi connectivity index (χ1n) is 6.26. The van der Waals surface area contributed by atoms with Crippen LogP contribution in [-0.4, -0.2) is 19.7 Å². The zero-order valence-corrected chi connectivity index (χ0v) is 10.9. The lowest BCUT2D eigenvalue weighted by molar-refractivity contribution is 0.642. The fourth-order valence-electron chi connectivity index (χ4n) is 2.17. The molecule has 1 fully saturated rings. The maximum absolute atomic E-state index is 5.92. The second-order valence-electron chi connectivity index (χ2n) is 4.84. The quantitative estimate of drug-likeness (QED) is 0.670. The van der Waals surface area contributed by atoms with Crippen molar-refractivity contribution in [3.63, 3.8) is 0 Å². The SMILES string of the molecule is Clc1ccc2ncc(-c3cnn(C4CC4)c3)cc2n1. The summed E-state index contributed by atoms with van der Waals surface area (Å²) >= 11 is 5.92. The molecule has 1 aliphatic carbocycles. The molecule has 0 atom stereocenters. The van der Waals surface area contributed by atoms with Crippen molar-refractivity contribution in [2.45, 2.75) is 18.9 Å². The van der Waals surface area contributed by atoms with Gasteiger partial charge in [-0.05, 0) is 31.0 Å². The Kier molecular flexibility index (Phi) is 2.32. The Balaban J connectivity index is 1.80. The molecule has 0 aliphatic heterocycles. The molecule has 5 heteroatoms. The highest BCUT2D eigenvalue weighted by Crippen LogP contribution is 2.35. The molecule has 4 rings (SSSR count). The lowest BCUT2D eigenvalue weighted by Crippen LogP contribution is -1.92. The van der Waals surface area contributed by atoms with E-state index in [0.29, 0.717) is 11.2 Å². The molecule has 94 valence electrons. The van der Waals surface area contributed by atoms with E-state index in [2.05, 4.69) is 21.3 Å². The minimum atomic E-state index is 0.486. The predicted octanol–water partition coefficient (Wildman–Crippen LogP) is 3.48. The van der Waals surface area contributed by atoms with Crippen LogP contribution >= 0.6 is 11.6 Å². The van der Waals surface area contributed by atoms with Gasteiger partial charge in [0.15, 0.2) is 0 Å². The molecular formula is C14H11ClN4. The zero-order valence-electron chi connectivity index (χ0n) is 10.1. The monoisotopic (exact) mass is 270 g/mol. The molecule has 1 saturated carbocycles. The van der Waals surface area contributed by atoms with Crippen LogP contribution in [0.1, 0.15) is 18.9 Å². The molecule has 0 saturated heterocycles. The summed E-state index contributed by atoms with van der Waals surface area (Å²) < 4.78 is 2.03. The van der Waals surface area contributed by atoms with Gasteiger partial charge in [-0.15, -0.1) is 0 Å². The largest absolute Gasteiger partial charge is 0.269 e. The summed E-state index contributed by atoms with van der Waals surface area (Å²) in [6.07, 6.45) is 8.27. The van der Waals surface area contributed by atoms with Crippen molar-refractivity contribution in [3.05, 3.63) is 41.9 Å². The number of hydrogen-bond donors (Lipinski definition) is 0. The Labute approximate surface area is 115 Å². The molecule has 0 N–H and O–H groups in total. The van der Waals surface area contributed by atoms with Crippen molar-refractivity contribution < 1.29 is 0 Å². The van der Waals surface area contributed by atoms with Crippen molar-refractivity contribution in [1.82, 2.24) is 19.7 Å². The van der Waals surface area contributed by atoms with Gasteiger partial charge in [-0.1, -0.05) is 11.6 Å². The molecular weight excluding hydrogens is 260 g/mol. The topological polar surface area (TPSA) is 43.6 Å². The van der Waals surface area contributed by atoms with E-state index in [1.165, 1.54) is 12.8 Å². The van der Waals surface area contributed by atoms with Gasteiger partial charge in [0.25, 0.3) is 0 Å². The molecule has 19 heavy (non-hydrogen) atoms. The molecule has 3 heterocycles. The summed E-state index contributed by atoms with van der Waals surface area (Å²) in [5, 5.41) is 4.88. The molecule has 3 aromatic rings. The maximum atomic E-state index is 5.92. The van der Waals surface area contributed by atoms with Crippen molar-refractivity contribution in [2.24, 2.45) is 0 Å². The van der Waals surface area contributed by atoms with Crippen LogP contribution in [0.5, 0.6) is 0 Å². The van der Waals surface area contributed by atoms with Gasteiger partial charge in [0.1, 0.15) is 5.15 Å². The van der Waals surface area contributed by atoms with Crippen molar-refractivity contribution in [1.29, 1.82) is 0 Å². The van der Waals surface area contributed by atoms with Gasteiger partial charge < -0.3 is 0 Å². The predicted molar refractivity (Wildman–Crippen MR) is 74.0 cm³/mol. The molecule has 4 nitrogen and oxygen atoms in total. The molecule has 0 aromatic carbocycles. The first-order valence-corrected chi connectivity index (χ1v) is 6.64. The summed E-state index contributed by atoms with van der Waals surface area (Å²) in [7, 11) is 0. The van der Waals surface area contributed by atoms with Gasteiger partial charge in [-0.2, -0.15) is 5.10 Å². The third kappa shape index (κ3) is 1.98. The number of rotatable bonds is 2. The van der Waals surface area contributed by atoms with Crippen LogP contribution in [0.3, 0.4) is 0 Å². The van der Waals surface area contributed by atoms with Crippen LogP contribution in [0.4, 0.5) is 0 Å². The zero-order chi connectivity index (χ0) is 12.8. The van der Waals surface area contributed by atoms with Gasteiger partial charge in [0.05, 0.1) is 23.3 Å². The number of aromatic nitrogens is 4. The fraction of sp³-hybridized carbons (Fsp3) is 0.214. The summed E-state index contributed by atoms with van der Waals surface area (Å²) in [5.74, 6) is 0. The minimum absolute atomic E-state index is 0.486. The standard InChI is InChI=1S/C14H11ClN4/c15-14-4-3-12-13(18-14)5-9(6-16-12)10-7-17-19(8-10)11-1-2-11/h3-8,11H,1-2H2. The Morgan fingerprint density at radius 1 is 1.11 bits per heavy atom. The highest BCUT2D eigenvalue weighted by atomic mass is 35.5. The average molecular weight is 271 g/mol. The number of pyridine rings is 2. The lowest BCUT2D eigenvalue weighted by Gasteiger charge is -2.00. The normalized spacial score (nSPS) is 15.0. The molecule has 0 radical (unpaired) electrons. The summed E-state index contributed by atoms with van der Waals surface area (Å²) in [6.45, 7) is 0. The van der Waals surface area contributed by atoms with Crippen LogP contribution < -0.4 is 0 Å². The number of hydrogen-bond acceptors (Lipinski definition) is 3. The number of halogens is 1. The third-order valence-electron chi connectivity index (χ3n) is 3.36. The fourth-order valence-corrected chi connectivity index (χ4v) is 2.32. The maximum Gasteiger partial charge on any atom is 0.129 e. The van der Waals surface area contributed by atoms with Crippen LogP contribution in [0, 0.1) is 0 Å². The van der Waals surface area contributed by atoms with Crippen molar-refractivity contribution in [2.75, 3.05) is 0 Å². The first-order chi connectivity index (χ1) is 9.29. The molecule has 1 aliphatic rings. The first kappa shape index (κ1) is 10.9. The Hall–Kier alpha value is -1.94. The van der Waals surface area contributed by atoms with Crippen molar-refractivity contribution in [3.8, 4) is 11.1 Å². The minimum Gasteiger partial charge on any atom is -0.269 e. The van der Waals surface area contributed by atoms with E-state index in [4.69, 9.17) is 11.6 Å². The van der Waals surface area contributed by atoms with Crippen LogP contribution in [0.15, 0.2) is 36.8 Å². The van der Waals surface area contributed by atoms with E-state index in [9.17, 15) is 0 Å². The van der Waals surface area contributed by atoms with E-state index in [-0.39, 0.29) is 0 Å². The average Bonchev–Trinajstić information content (AvgIpc) is 3.16. The van der Waals surface area contributed by atoms with E-state index < -0.39 is 0 Å². The summed E-state index contributed by atoms with van der Waals surface area (Å²) in [4.78, 5) is 8.70. The highest BCUT2D eigenvalue weighted by molar-refractivity contribution is 6.29. The van der Waals surface area contributed by atoms with Gasteiger partial charge in [0.2, 0.25) is 0 Å². The van der Waals surface area contributed by atoms with Gasteiger partial charge in [0, 0.05) is 23.5 Å². The summed E-state index contributed by atoms with van der Waals surface area (Å²) in [5.41, 5.74) is 3.75. The van der Waals surface area contributed by atoms with E-state index in [0.717, 1.165) is 22.2 Å². The molecule has 0 spiro atoms. The molecule has 3 aromatic heterocycles. The second-order valence-corrected chi connectivity index (χ2v) is 5.22. The molecule has 0 unspecified atom stereocenters.